The number of hydrogen-bond acceptors (Lipinski definition) is 4. The quantitative estimate of drug-likeness (QED) is 0.809. The van der Waals surface area contributed by atoms with Gasteiger partial charge >= 0.3 is 0 Å². The number of amides is 1. The molecule has 2 saturated heterocycles. The van der Waals surface area contributed by atoms with E-state index in [0.29, 0.717) is 19.1 Å². The molecular formula is C18H29Cl2N3O2. The number of halogens is 2. The Labute approximate surface area is 162 Å². The number of hydrogen-bond donors (Lipinski definition) is 2. The smallest absolute Gasteiger partial charge is 0.221 e. The van der Waals surface area contributed by atoms with E-state index in [1.807, 2.05) is 6.07 Å². The zero-order valence-electron chi connectivity index (χ0n) is 14.6. The highest BCUT2D eigenvalue weighted by molar-refractivity contribution is 5.85. The lowest BCUT2D eigenvalue weighted by atomic mass is 10.1. The summed E-state index contributed by atoms with van der Waals surface area (Å²) in [7, 11) is 0. The fraction of sp³-hybridized carbons (Fsp3) is 0.611. The zero-order chi connectivity index (χ0) is 16.1. The molecule has 3 atom stereocenters. The highest BCUT2D eigenvalue weighted by Crippen LogP contribution is 2.24. The number of nitrogens with zero attached hydrogens (tertiary/aromatic N) is 1. The largest absolute Gasteiger partial charge is 0.378 e. The maximum absolute atomic E-state index is 12.2. The van der Waals surface area contributed by atoms with Crippen molar-refractivity contribution in [3.63, 3.8) is 0 Å². The Hall–Kier alpha value is -0.850. The molecule has 7 heteroatoms. The van der Waals surface area contributed by atoms with Crippen LogP contribution in [-0.2, 0) is 9.53 Å². The van der Waals surface area contributed by atoms with Crippen LogP contribution in [-0.4, -0.2) is 55.7 Å². The molecule has 2 aliphatic heterocycles. The van der Waals surface area contributed by atoms with Crippen molar-refractivity contribution < 1.29 is 9.53 Å². The van der Waals surface area contributed by atoms with Crippen molar-refractivity contribution in [1.29, 1.82) is 0 Å². The van der Waals surface area contributed by atoms with Gasteiger partial charge in [-0.1, -0.05) is 30.3 Å². The molecule has 1 aromatic carbocycles. The lowest BCUT2D eigenvalue weighted by molar-refractivity contribution is -0.122. The summed E-state index contributed by atoms with van der Waals surface area (Å²) in [5.74, 6) is 0.132. The number of carbonyl (C=O) groups excluding carboxylic acids is 1. The predicted octanol–water partition coefficient (Wildman–Crippen LogP) is 2.16. The molecule has 0 aliphatic carbocycles. The van der Waals surface area contributed by atoms with Crippen molar-refractivity contribution in [2.45, 2.75) is 37.9 Å². The summed E-state index contributed by atoms with van der Waals surface area (Å²) >= 11 is 0. The first kappa shape index (κ1) is 22.2. The Morgan fingerprint density at radius 2 is 2.12 bits per heavy atom. The monoisotopic (exact) mass is 389 g/mol. The fourth-order valence-electron chi connectivity index (χ4n) is 3.46. The van der Waals surface area contributed by atoms with E-state index < -0.39 is 0 Å². The van der Waals surface area contributed by atoms with Crippen LogP contribution in [0.15, 0.2) is 30.3 Å². The van der Waals surface area contributed by atoms with Crippen LogP contribution in [0.25, 0.3) is 0 Å². The lowest BCUT2D eigenvalue weighted by Gasteiger charge is -2.25. The number of rotatable bonds is 5. The summed E-state index contributed by atoms with van der Waals surface area (Å²) < 4.78 is 5.40. The van der Waals surface area contributed by atoms with Crippen molar-refractivity contribution in [1.82, 2.24) is 15.5 Å². The van der Waals surface area contributed by atoms with Gasteiger partial charge in [0, 0.05) is 44.2 Å². The zero-order valence-corrected chi connectivity index (χ0v) is 16.3. The first-order chi connectivity index (χ1) is 11.2. The average molecular weight is 390 g/mol. The second-order valence-electron chi connectivity index (χ2n) is 6.56. The topological polar surface area (TPSA) is 53.6 Å². The van der Waals surface area contributed by atoms with E-state index in [-0.39, 0.29) is 42.8 Å². The van der Waals surface area contributed by atoms with E-state index in [2.05, 4.69) is 46.7 Å². The van der Waals surface area contributed by atoms with Gasteiger partial charge in [-0.2, -0.15) is 0 Å². The minimum Gasteiger partial charge on any atom is -0.378 e. The van der Waals surface area contributed by atoms with Crippen molar-refractivity contribution in [2.24, 2.45) is 0 Å². The van der Waals surface area contributed by atoms with Gasteiger partial charge in [0.2, 0.25) is 5.91 Å². The molecule has 3 rings (SSSR count). The van der Waals surface area contributed by atoms with Crippen LogP contribution in [0.2, 0.25) is 0 Å². The second-order valence-corrected chi connectivity index (χ2v) is 6.56. The minimum atomic E-state index is 0. The van der Waals surface area contributed by atoms with E-state index in [1.54, 1.807) is 0 Å². The molecule has 0 radical (unpaired) electrons. The number of benzene rings is 1. The van der Waals surface area contributed by atoms with Gasteiger partial charge in [-0.15, -0.1) is 24.8 Å². The molecule has 3 unspecified atom stereocenters. The van der Waals surface area contributed by atoms with Crippen molar-refractivity contribution in [3.8, 4) is 0 Å². The molecule has 142 valence electrons. The third kappa shape index (κ3) is 6.42. The highest BCUT2D eigenvalue weighted by Gasteiger charge is 2.28. The normalized spacial score (nSPS) is 24.7. The molecular weight excluding hydrogens is 361 g/mol. The van der Waals surface area contributed by atoms with Crippen LogP contribution in [0.3, 0.4) is 0 Å². The molecule has 0 bridgehead atoms. The molecule has 2 N–H and O–H groups in total. The standard InChI is InChI=1S/C18H27N3O2.2ClH/c1-14(15-5-3-2-4-6-15)21-9-7-16(12-21)20-18(22)11-17-13-23-10-8-19-17;;/h2-6,14,16-17,19H,7-13H2,1H3,(H,20,22);2*1H. The van der Waals surface area contributed by atoms with Gasteiger partial charge in [0.1, 0.15) is 0 Å². The Morgan fingerprint density at radius 1 is 1.36 bits per heavy atom. The van der Waals surface area contributed by atoms with Gasteiger partial charge in [0.25, 0.3) is 0 Å². The Kier molecular flexibility index (Phi) is 9.75. The van der Waals surface area contributed by atoms with E-state index in [0.717, 1.165) is 32.7 Å². The molecule has 0 aromatic heterocycles. The number of morpholine rings is 1. The molecule has 2 heterocycles. The molecule has 5 nitrogen and oxygen atoms in total. The maximum Gasteiger partial charge on any atom is 0.221 e. The Morgan fingerprint density at radius 3 is 2.80 bits per heavy atom. The molecule has 1 amide bonds. The average Bonchev–Trinajstić information content (AvgIpc) is 3.04. The summed E-state index contributed by atoms with van der Waals surface area (Å²) in [4.78, 5) is 14.6. The van der Waals surface area contributed by atoms with Crippen molar-refractivity contribution in [2.75, 3.05) is 32.8 Å². The molecule has 0 saturated carbocycles. The van der Waals surface area contributed by atoms with Gasteiger partial charge in [-0.05, 0) is 18.9 Å². The maximum atomic E-state index is 12.2. The number of likely N-dealkylation sites (tertiary alicyclic amines) is 1. The molecule has 0 spiro atoms. The minimum absolute atomic E-state index is 0. The van der Waals surface area contributed by atoms with E-state index in [4.69, 9.17) is 4.74 Å². The van der Waals surface area contributed by atoms with Gasteiger partial charge < -0.3 is 15.4 Å². The van der Waals surface area contributed by atoms with Crippen molar-refractivity contribution in [3.05, 3.63) is 35.9 Å². The fourth-order valence-corrected chi connectivity index (χ4v) is 3.46. The van der Waals surface area contributed by atoms with Gasteiger partial charge in [0.05, 0.1) is 13.2 Å². The molecule has 2 fully saturated rings. The summed E-state index contributed by atoms with van der Waals surface area (Å²) in [5, 5.41) is 6.51. The van der Waals surface area contributed by atoms with Crippen LogP contribution >= 0.6 is 24.8 Å². The van der Waals surface area contributed by atoms with Gasteiger partial charge in [0.15, 0.2) is 0 Å². The van der Waals surface area contributed by atoms with Gasteiger partial charge in [-0.25, -0.2) is 0 Å². The van der Waals surface area contributed by atoms with Gasteiger partial charge in [-0.3, -0.25) is 9.69 Å². The van der Waals surface area contributed by atoms with E-state index in [9.17, 15) is 4.79 Å². The van der Waals surface area contributed by atoms with Crippen molar-refractivity contribution >= 4 is 30.7 Å². The number of carbonyl (C=O) groups is 1. The SMILES string of the molecule is CC(c1ccccc1)N1CCC(NC(=O)CC2COCCN2)C1.Cl.Cl. The Bertz CT molecular complexity index is 512. The summed E-state index contributed by atoms with van der Waals surface area (Å²) in [5.41, 5.74) is 1.34. The number of nitrogens with one attached hydrogen (secondary N) is 2. The predicted molar refractivity (Wildman–Crippen MR) is 105 cm³/mol. The Balaban J connectivity index is 0.00000156. The van der Waals surface area contributed by atoms with Crippen LogP contribution < -0.4 is 10.6 Å². The molecule has 1 aromatic rings. The molecule has 2 aliphatic rings. The summed E-state index contributed by atoms with van der Waals surface area (Å²) in [6, 6.07) is 11.4. The highest BCUT2D eigenvalue weighted by atomic mass is 35.5. The lowest BCUT2D eigenvalue weighted by Crippen LogP contribution is -2.46. The van der Waals surface area contributed by atoms with Crippen LogP contribution in [0.5, 0.6) is 0 Å². The van der Waals surface area contributed by atoms with E-state index in [1.165, 1.54) is 5.56 Å². The number of ether oxygens (including phenoxy) is 1. The first-order valence-corrected chi connectivity index (χ1v) is 8.62. The first-order valence-electron chi connectivity index (χ1n) is 8.62. The molecule has 25 heavy (non-hydrogen) atoms. The van der Waals surface area contributed by atoms with Crippen LogP contribution in [0.1, 0.15) is 31.4 Å². The van der Waals surface area contributed by atoms with Crippen LogP contribution in [0, 0.1) is 0 Å². The van der Waals surface area contributed by atoms with Crippen LogP contribution in [0.4, 0.5) is 0 Å². The summed E-state index contributed by atoms with van der Waals surface area (Å²) in [6.45, 7) is 6.41. The third-order valence-electron chi connectivity index (χ3n) is 4.84. The third-order valence-corrected chi connectivity index (χ3v) is 4.84. The second kappa shape index (κ2) is 11.0. The van der Waals surface area contributed by atoms with E-state index >= 15 is 0 Å². The summed E-state index contributed by atoms with van der Waals surface area (Å²) in [6.07, 6.45) is 1.53.